The second-order valence-corrected chi connectivity index (χ2v) is 5.18. The van der Waals surface area contributed by atoms with Gasteiger partial charge in [-0.2, -0.15) is 0 Å². The van der Waals surface area contributed by atoms with E-state index in [0.29, 0.717) is 13.1 Å². The fraction of sp³-hybridized carbons (Fsp3) is 0.400. The zero-order valence-corrected chi connectivity index (χ0v) is 9.35. The minimum Gasteiger partial charge on any atom is -0.316 e. The van der Waals surface area contributed by atoms with Crippen LogP contribution in [-0.4, -0.2) is 27.3 Å². The molecule has 1 N–H and O–H groups in total. The Hall–Kier alpha value is -0.940. The molecule has 0 aliphatic heterocycles. The van der Waals surface area contributed by atoms with Gasteiger partial charge in [0, 0.05) is 6.54 Å². The largest absolute Gasteiger partial charge is 0.316 e. The number of hydrogen-bond acceptors (Lipinski definition) is 3. The highest BCUT2D eigenvalue weighted by molar-refractivity contribution is 7.91. The summed E-state index contributed by atoms with van der Waals surface area (Å²) in [5, 5.41) is 2.89. The van der Waals surface area contributed by atoms with Crippen molar-refractivity contribution in [3.05, 3.63) is 30.1 Å². The molecule has 0 radical (unpaired) electrons. The van der Waals surface area contributed by atoms with Crippen LogP contribution < -0.4 is 5.32 Å². The summed E-state index contributed by atoms with van der Waals surface area (Å²) in [5.41, 5.74) is 0. The Kier molecular flexibility index (Phi) is 4.23. The summed E-state index contributed by atoms with van der Waals surface area (Å²) in [6.45, 7) is 2.93. The Labute approximate surface area is 89.2 Å². The van der Waals surface area contributed by atoms with Gasteiger partial charge in [-0.1, -0.05) is 19.1 Å². The lowest BCUT2D eigenvalue weighted by Gasteiger charge is -2.05. The first-order valence-electron chi connectivity index (χ1n) is 4.76. The zero-order valence-electron chi connectivity index (χ0n) is 8.53. The van der Waals surface area contributed by atoms with Crippen LogP contribution in [-0.2, 0) is 9.84 Å². The molecule has 0 spiro atoms. The lowest BCUT2D eigenvalue weighted by atomic mass is 10.3. The zero-order chi connectivity index (χ0) is 11.3. The Morgan fingerprint density at radius 3 is 2.60 bits per heavy atom. The van der Waals surface area contributed by atoms with Gasteiger partial charge in [0.15, 0.2) is 9.84 Å². The second kappa shape index (κ2) is 5.23. The SMILES string of the molecule is CCNCCS(=O)(=O)c1ccccc1F. The van der Waals surface area contributed by atoms with E-state index < -0.39 is 15.7 Å². The molecule has 0 saturated heterocycles. The molecular weight excluding hydrogens is 217 g/mol. The van der Waals surface area contributed by atoms with Crippen molar-refractivity contribution in [3.8, 4) is 0 Å². The summed E-state index contributed by atoms with van der Waals surface area (Å²) >= 11 is 0. The normalized spacial score (nSPS) is 11.6. The van der Waals surface area contributed by atoms with E-state index in [9.17, 15) is 12.8 Å². The highest BCUT2D eigenvalue weighted by Crippen LogP contribution is 2.14. The van der Waals surface area contributed by atoms with Crippen molar-refractivity contribution >= 4 is 9.84 Å². The minimum atomic E-state index is -3.50. The lowest BCUT2D eigenvalue weighted by Crippen LogP contribution is -2.23. The van der Waals surface area contributed by atoms with Gasteiger partial charge in [-0.25, -0.2) is 12.8 Å². The smallest absolute Gasteiger partial charge is 0.182 e. The molecule has 0 fully saturated rings. The molecule has 0 atom stereocenters. The van der Waals surface area contributed by atoms with Crippen LogP contribution in [0.3, 0.4) is 0 Å². The third-order valence-electron chi connectivity index (χ3n) is 1.97. The maximum atomic E-state index is 13.2. The minimum absolute atomic E-state index is 0.0816. The Morgan fingerprint density at radius 2 is 2.00 bits per heavy atom. The van der Waals surface area contributed by atoms with Crippen molar-refractivity contribution in [2.45, 2.75) is 11.8 Å². The van der Waals surface area contributed by atoms with Crippen LogP contribution in [0, 0.1) is 5.82 Å². The third-order valence-corrected chi connectivity index (χ3v) is 3.71. The Balaban J connectivity index is 2.83. The summed E-state index contributed by atoms with van der Waals surface area (Å²) in [6, 6.07) is 5.43. The van der Waals surface area contributed by atoms with Gasteiger partial charge in [-0.05, 0) is 18.7 Å². The van der Waals surface area contributed by atoms with Crippen LogP contribution in [0.25, 0.3) is 0 Å². The van der Waals surface area contributed by atoms with E-state index in [4.69, 9.17) is 0 Å². The van der Waals surface area contributed by atoms with Crippen LogP contribution in [0.4, 0.5) is 4.39 Å². The van der Waals surface area contributed by atoms with Gasteiger partial charge in [0.2, 0.25) is 0 Å². The number of benzene rings is 1. The first-order chi connectivity index (χ1) is 7.08. The van der Waals surface area contributed by atoms with Gasteiger partial charge in [0.1, 0.15) is 10.7 Å². The fourth-order valence-corrected chi connectivity index (χ4v) is 2.47. The highest BCUT2D eigenvalue weighted by Gasteiger charge is 2.17. The maximum Gasteiger partial charge on any atom is 0.182 e. The predicted molar refractivity (Wildman–Crippen MR) is 57.0 cm³/mol. The first kappa shape index (κ1) is 12.1. The van der Waals surface area contributed by atoms with Gasteiger partial charge in [-0.3, -0.25) is 0 Å². The molecule has 84 valence electrons. The molecule has 1 aromatic carbocycles. The van der Waals surface area contributed by atoms with Crippen LogP contribution in [0.15, 0.2) is 29.2 Å². The van der Waals surface area contributed by atoms with Gasteiger partial charge < -0.3 is 5.32 Å². The highest BCUT2D eigenvalue weighted by atomic mass is 32.2. The molecule has 15 heavy (non-hydrogen) atoms. The van der Waals surface area contributed by atoms with Crippen LogP contribution >= 0.6 is 0 Å². The molecule has 0 heterocycles. The molecule has 0 saturated carbocycles. The Bertz CT molecular complexity index is 417. The van der Waals surface area contributed by atoms with E-state index >= 15 is 0 Å². The number of nitrogens with one attached hydrogen (secondary N) is 1. The molecule has 0 aliphatic rings. The monoisotopic (exact) mass is 231 g/mol. The topological polar surface area (TPSA) is 46.2 Å². The van der Waals surface area contributed by atoms with E-state index in [1.165, 1.54) is 18.2 Å². The molecule has 0 amide bonds. The van der Waals surface area contributed by atoms with E-state index in [1.54, 1.807) is 0 Å². The fourth-order valence-electron chi connectivity index (χ4n) is 1.19. The van der Waals surface area contributed by atoms with Gasteiger partial charge >= 0.3 is 0 Å². The summed E-state index contributed by atoms with van der Waals surface area (Å²) in [4.78, 5) is -0.220. The van der Waals surface area contributed by atoms with Crippen molar-refractivity contribution in [3.63, 3.8) is 0 Å². The molecule has 1 aromatic rings. The van der Waals surface area contributed by atoms with E-state index in [0.717, 1.165) is 6.07 Å². The summed E-state index contributed by atoms with van der Waals surface area (Å²) in [7, 11) is -3.50. The lowest BCUT2D eigenvalue weighted by molar-refractivity contribution is 0.565. The molecule has 3 nitrogen and oxygen atoms in total. The first-order valence-corrected chi connectivity index (χ1v) is 6.41. The van der Waals surface area contributed by atoms with E-state index in [-0.39, 0.29) is 10.6 Å². The summed E-state index contributed by atoms with van der Waals surface area (Å²) in [5.74, 6) is -0.768. The molecule has 5 heteroatoms. The molecule has 0 aromatic heterocycles. The average molecular weight is 231 g/mol. The molecule has 1 rings (SSSR count). The van der Waals surface area contributed by atoms with Crippen LogP contribution in [0.5, 0.6) is 0 Å². The van der Waals surface area contributed by atoms with Gasteiger partial charge in [0.05, 0.1) is 5.75 Å². The van der Waals surface area contributed by atoms with Gasteiger partial charge in [0.25, 0.3) is 0 Å². The standard InChI is InChI=1S/C10H14FNO2S/c1-2-12-7-8-15(13,14)10-6-4-3-5-9(10)11/h3-6,12H,2,7-8H2,1H3. The maximum absolute atomic E-state index is 13.2. The number of rotatable bonds is 5. The molecule has 0 bridgehead atoms. The third kappa shape index (κ3) is 3.28. The second-order valence-electron chi connectivity index (χ2n) is 3.10. The van der Waals surface area contributed by atoms with E-state index in [1.807, 2.05) is 6.92 Å². The van der Waals surface area contributed by atoms with Crippen LogP contribution in [0.2, 0.25) is 0 Å². The van der Waals surface area contributed by atoms with Crippen molar-refractivity contribution in [1.82, 2.24) is 5.32 Å². The quantitative estimate of drug-likeness (QED) is 0.775. The number of sulfone groups is 1. The summed E-state index contributed by atoms with van der Waals surface area (Å²) in [6.07, 6.45) is 0. The predicted octanol–water partition coefficient (Wildman–Crippen LogP) is 1.21. The average Bonchev–Trinajstić information content (AvgIpc) is 2.18. The van der Waals surface area contributed by atoms with Crippen molar-refractivity contribution in [2.24, 2.45) is 0 Å². The number of hydrogen-bond donors (Lipinski definition) is 1. The van der Waals surface area contributed by atoms with Crippen LogP contribution in [0.1, 0.15) is 6.92 Å². The van der Waals surface area contributed by atoms with Crippen molar-refractivity contribution < 1.29 is 12.8 Å². The molecular formula is C10H14FNO2S. The Morgan fingerprint density at radius 1 is 1.33 bits per heavy atom. The number of halogens is 1. The van der Waals surface area contributed by atoms with Gasteiger partial charge in [-0.15, -0.1) is 0 Å². The summed E-state index contributed by atoms with van der Waals surface area (Å²) < 4.78 is 36.5. The molecule has 0 aliphatic carbocycles. The van der Waals surface area contributed by atoms with Crippen molar-refractivity contribution in [1.29, 1.82) is 0 Å². The van der Waals surface area contributed by atoms with Crippen molar-refractivity contribution in [2.75, 3.05) is 18.8 Å². The van der Waals surface area contributed by atoms with E-state index in [2.05, 4.69) is 5.32 Å². The molecule has 0 unspecified atom stereocenters.